The first-order chi connectivity index (χ1) is 7.16. The van der Waals surface area contributed by atoms with Crippen molar-refractivity contribution in [2.45, 2.75) is 25.8 Å². The van der Waals surface area contributed by atoms with E-state index in [2.05, 4.69) is 29.2 Å². The zero-order valence-corrected chi connectivity index (χ0v) is 9.88. The summed E-state index contributed by atoms with van der Waals surface area (Å²) < 4.78 is 0. The lowest BCUT2D eigenvalue weighted by Gasteiger charge is -2.27. The van der Waals surface area contributed by atoms with Gasteiger partial charge in [-0.2, -0.15) is 0 Å². The second-order valence-electron chi connectivity index (χ2n) is 4.11. The van der Waals surface area contributed by atoms with Crippen LogP contribution in [0.3, 0.4) is 0 Å². The standard InChI is InChI=1S/C11H16ClN3/c1-8-4-3-7-15(2)9-5-6-10(12)14-11(9)13-8/h5-6,8H,3-4,7H2,1-2H3,(H,13,14). The largest absolute Gasteiger partial charge is 0.372 e. The van der Waals surface area contributed by atoms with Crippen LogP contribution in [0.5, 0.6) is 0 Å². The second kappa shape index (κ2) is 4.27. The molecule has 0 aromatic carbocycles. The summed E-state index contributed by atoms with van der Waals surface area (Å²) in [5.41, 5.74) is 1.13. The van der Waals surface area contributed by atoms with Crippen LogP contribution in [-0.4, -0.2) is 24.6 Å². The van der Waals surface area contributed by atoms with Gasteiger partial charge >= 0.3 is 0 Å². The van der Waals surface area contributed by atoms with E-state index >= 15 is 0 Å². The summed E-state index contributed by atoms with van der Waals surface area (Å²) in [5, 5.41) is 3.94. The Kier molecular flexibility index (Phi) is 3.00. The van der Waals surface area contributed by atoms with Crippen LogP contribution in [-0.2, 0) is 0 Å². The monoisotopic (exact) mass is 225 g/mol. The van der Waals surface area contributed by atoms with Crippen molar-refractivity contribution in [1.29, 1.82) is 0 Å². The fourth-order valence-electron chi connectivity index (χ4n) is 1.90. The molecule has 4 heteroatoms. The number of hydrogen-bond acceptors (Lipinski definition) is 3. The number of rotatable bonds is 0. The molecule has 0 radical (unpaired) electrons. The van der Waals surface area contributed by atoms with Gasteiger partial charge in [-0.1, -0.05) is 11.6 Å². The lowest BCUT2D eigenvalue weighted by atomic mass is 10.1. The summed E-state index contributed by atoms with van der Waals surface area (Å²) in [5.74, 6) is 0.900. The van der Waals surface area contributed by atoms with E-state index in [9.17, 15) is 0 Å². The summed E-state index contributed by atoms with van der Waals surface area (Å²) in [6.45, 7) is 3.25. The van der Waals surface area contributed by atoms with Gasteiger partial charge in [0.1, 0.15) is 5.15 Å². The van der Waals surface area contributed by atoms with Crippen LogP contribution in [0.2, 0.25) is 5.15 Å². The average Bonchev–Trinajstić information content (AvgIpc) is 2.15. The number of halogens is 1. The second-order valence-corrected chi connectivity index (χ2v) is 4.50. The molecule has 1 aromatic rings. The van der Waals surface area contributed by atoms with Crippen molar-refractivity contribution in [3.63, 3.8) is 0 Å². The number of fused-ring (bicyclic) bond motifs is 1. The predicted octanol–water partition coefficient (Wildman–Crippen LogP) is 2.77. The molecule has 15 heavy (non-hydrogen) atoms. The topological polar surface area (TPSA) is 28.2 Å². The van der Waals surface area contributed by atoms with Crippen molar-refractivity contribution in [1.82, 2.24) is 4.98 Å². The van der Waals surface area contributed by atoms with Gasteiger partial charge in [0.05, 0.1) is 5.69 Å². The Morgan fingerprint density at radius 3 is 3.13 bits per heavy atom. The SMILES string of the molecule is CC1CCCN(C)c2ccc(Cl)nc2N1. The molecule has 3 nitrogen and oxygen atoms in total. The van der Waals surface area contributed by atoms with Gasteiger partial charge in [-0.05, 0) is 31.9 Å². The summed E-state index contributed by atoms with van der Waals surface area (Å²) in [6, 6.07) is 4.32. The fourth-order valence-corrected chi connectivity index (χ4v) is 2.05. The number of hydrogen-bond donors (Lipinski definition) is 1. The normalized spacial score (nSPS) is 21.3. The highest BCUT2D eigenvalue weighted by molar-refractivity contribution is 6.29. The number of aromatic nitrogens is 1. The Bertz CT molecular complexity index is 354. The molecule has 0 spiro atoms. The Morgan fingerprint density at radius 1 is 1.53 bits per heavy atom. The van der Waals surface area contributed by atoms with Gasteiger partial charge in [-0.15, -0.1) is 0 Å². The molecular formula is C11H16ClN3. The molecule has 1 N–H and O–H groups in total. The van der Waals surface area contributed by atoms with Crippen LogP contribution in [0.25, 0.3) is 0 Å². The fraction of sp³-hybridized carbons (Fsp3) is 0.545. The molecule has 0 saturated heterocycles. The lowest BCUT2D eigenvalue weighted by Crippen LogP contribution is -2.27. The molecule has 2 rings (SSSR count). The Labute approximate surface area is 95.4 Å². The Morgan fingerprint density at radius 2 is 2.33 bits per heavy atom. The molecule has 0 bridgehead atoms. The van der Waals surface area contributed by atoms with E-state index in [0.717, 1.165) is 24.5 Å². The summed E-state index contributed by atoms with van der Waals surface area (Å²) in [7, 11) is 2.09. The molecule has 2 heterocycles. The van der Waals surface area contributed by atoms with E-state index in [4.69, 9.17) is 11.6 Å². The molecular weight excluding hydrogens is 210 g/mol. The first-order valence-corrected chi connectivity index (χ1v) is 5.69. The molecule has 1 unspecified atom stereocenters. The maximum atomic E-state index is 5.90. The highest BCUT2D eigenvalue weighted by Gasteiger charge is 2.15. The number of pyridine rings is 1. The van der Waals surface area contributed by atoms with Gasteiger partial charge in [-0.25, -0.2) is 4.98 Å². The van der Waals surface area contributed by atoms with Crippen LogP contribution >= 0.6 is 11.6 Å². The lowest BCUT2D eigenvalue weighted by molar-refractivity contribution is 0.637. The van der Waals surface area contributed by atoms with Crippen LogP contribution in [0.15, 0.2) is 12.1 Å². The quantitative estimate of drug-likeness (QED) is 0.689. The first kappa shape index (κ1) is 10.6. The van der Waals surface area contributed by atoms with Crippen LogP contribution in [0, 0.1) is 0 Å². The molecule has 1 aliphatic rings. The molecule has 1 aliphatic heterocycles. The van der Waals surface area contributed by atoms with Crippen molar-refractivity contribution in [3.8, 4) is 0 Å². The van der Waals surface area contributed by atoms with Gasteiger partial charge < -0.3 is 10.2 Å². The van der Waals surface area contributed by atoms with Gasteiger partial charge in [-0.3, -0.25) is 0 Å². The van der Waals surface area contributed by atoms with Crippen molar-refractivity contribution < 1.29 is 0 Å². The highest BCUT2D eigenvalue weighted by Crippen LogP contribution is 2.28. The van der Waals surface area contributed by atoms with Gasteiger partial charge in [0.15, 0.2) is 5.82 Å². The summed E-state index contributed by atoms with van der Waals surface area (Å²) >= 11 is 5.90. The van der Waals surface area contributed by atoms with Gasteiger partial charge in [0, 0.05) is 19.6 Å². The third kappa shape index (κ3) is 2.34. The van der Waals surface area contributed by atoms with Crippen molar-refractivity contribution in [2.75, 3.05) is 23.8 Å². The van der Waals surface area contributed by atoms with Crippen LogP contribution < -0.4 is 10.2 Å². The van der Waals surface area contributed by atoms with E-state index in [1.54, 1.807) is 0 Å². The molecule has 0 amide bonds. The summed E-state index contributed by atoms with van der Waals surface area (Å²) in [4.78, 5) is 6.55. The zero-order chi connectivity index (χ0) is 10.8. The highest BCUT2D eigenvalue weighted by atomic mass is 35.5. The molecule has 0 aliphatic carbocycles. The minimum absolute atomic E-state index is 0.461. The molecule has 82 valence electrons. The van der Waals surface area contributed by atoms with Crippen LogP contribution in [0.4, 0.5) is 11.5 Å². The minimum Gasteiger partial charge on any atom is -0.372 e. The van der Waals surface area contributed by atoms with Crippen molar-refractivity contribution in [2.24, 2.45) is 0 Å². The first-order valence-electron chi connectivity index (χ1n) is 5.31. The molecule has 0 saturated carbocycles. The number of nitrogens with zero attached hydrogens (tertiary/aromatic N) is 2. The maximum Gasteiger partial charge on any atom is 0.151 e. The Balaban J connectivity index is 2.37. The molecule has 0 fully saturated rings. The van der Waals surface area contributed by atoms with E-state index < -0.39 is 0 Å². The molecule has 1 aromatic heterocycles. The minimum atomic E-state index is 0.461. The predicted molar refractivity (Wildman–Crippen MR) is 64.8 cm³/mol. The zero-order valence-electron chi connectivity index (χ0n) is 9.13. The number of nitrogens with one attached hydrogen (secondary N) is 1. The van der Waals surface area contributed by atoms with E-state index in [0.29, 0.717) is 11.2 Å². The molecule has 1 atom stereocenters. The smallest absolute Gasteiger partial charge is 0.151 e. The van der Waals surface area contributed by atoms with Gasteiger partial charge in [0.2, 0.25) is 0 Å². The average molecular weight is 226 g/mol. The van der Waals surface area contributed by atoms with E-state index in [1.807, 2.05) is 12.1 Å². The maximum absolute atomic E-state index is 5.90. The van der Waals surface area contributed by atoms with Crippen LogP contribution in [0.1, 0.15) is 19.8 Å². The third-order valence-corrected chi connectivity index (χ3v) is 2.98. The van der Waals surface area contributed by atoms with Crippen molar-refractivity contribution >= 4 is 23.1 Å². The van der Waals surface area contributed by atoms with E-state index in [1.165, 1.54) is 6.42 Å². The van der Waals surface area contributed by atoms with Gasteiger partial charge in [0.25, 0.3) is 0 Å². The van der Waals surface area contributed by atoms with E-state index in [-0.39, 0.29) is 0 Å². The summed E-state index contributed by atoms with van der Waals surface area (Å²) in [6.07, 6.45) is 2.37. The van der Waals surface area contributed by atoms with Crippen molar-refractivity contribution in [3.05, 3.63) is 17.3 Å². The number of anilines is 2. The Hall–Kier alpha value is -0.960. The third-order valence-electron chi connectivity index (χ3n) is 2.76.